The lowest BCUT2D eigenvalue weighted by Crippen LogP contribution is -2.50. The van der Waals surface area contributed by atoms with Crippen LogP contribution in [0.4, 0.5) is 16.2 Å². The first kappa shape index (κ1) is 18.8. The van der Waals surface area contributed by atoms with Crippen molar-refractivity contribution in [3.63, 3.8) is 0 Å². The zero-order valence-electron chi connectivity index (χ0n) is 16.0. The Hall–Kier alpha value is -3.02. The number of carbonyl (C=O) groups is 2. The number of amides is 2. The second-order valence-electron chi connectivity index (χ2n) is 6.66. The molecule has 1 aliphatic heterocycles. The Morgan fingerprint density at radius 2 is 1.67 bits per heavy atom. The van der Waals surface area contributed by atoms with Crippen molar-refractivity contribution < 1.29 is 14.3 Å². The van der Waals surface area contributed by atoms with Gasteiger partial charge in [-0.15, -0.1) is 0 Å². The van der Waals surface area contributed by atoms with Gasteiger partial charge in [-0.2, -0.15) is 0 Å². The number of esters is 1. The molecule has 3 rings (SSSR count). The molecule has 1 fully saturated rings. The molecule has 0 aromatic heterocycles. The van der Waals surface area contributed by atoms with Crippen molar-refractivity contribution in [2.75, 3.05) is 43.5 Å². The molecule has 0 aliphatic carbocycles. The van der Waals surface area contributed by atoms with Crippen LogP contribution in [0.5, 0.6) is 0 Å². The molecule has 2 aromatic carbocycles. The second kappa shape index (κ2) is 8.12. The van der Waals surface area contributed by atoms with Crippen LogP contribution >= 0.6 is 0 Å². The maximum Gasteiger partial charge on any atom is 0.339 e. The zero-order valence-corrected chi connectivity index (χ0v) is 16.0. The second-order valence-corrected chi connectivity index (χ2v) is 6.66. The standard InChI is InChI=1S/C21H25N3O3/c1-15-7-6-9-18(16(15)2)22-21(26)24-13-11-23(12-14-24)19-10-5-4-8-17(19)20(25)27-3/h4-10H,11-14H2,1-3H3,(H,22,26). The van der Waals surface area contributed by atoms with Crippen molar-refractivity contribution in [3.8, 4) is 0 Å². The third-order valence-electron chi connectivity index (χ3n) is 5.06. The Labute approximate surface area is 159 Å². The average Bonchev–Trinajstić information content (AvgIpc) is 2.71. The normalized spacial score (nSPS) is 14.0. The average molecular weight is 367 g/mol. The first-order valence-corrected chi connectivity index (χ1v) is 9.05. The van der Waals surface area contributed by atoms with Gasteiger partial charge in [-0.05, 0) is 43.2 Å². The maximum atomic E-state index is 12.6. The van der Waals surface area contributed by atoms with E-state index in [1.165, 1.54) is 7.11 Å². The van der Waals surface area contributed by atoms with E-state index in [1.807, 2.05) is 50.2 Å². The molecular weight excluding hydrogens is 342 g/mol. The maximum absolute atomic E-state index is 12.6. The molecule has 0 bridgehead atoms. The van der Waals surface area contributed by atoms with Crippen LogP contribution in [-0.4, -0.2) is 50.2 Å². The van der Waals surface area contributed by atoms with Gasteiger partial charge in [0.05, 0.1) is 18.4 Å². The van der Waals surface area contributed by atoms with Gasteiger partial charge < -0.3 is 19.9 Å². The van der Waals surface area contributed by atoms with Gasteiger partial charge in [-0.3, -0.25) is 0 Å². The molecule has 0 spiro atoms. The molecule has 142 valence electrons. The molecular formula is C21H25N3O3. The van der Waals surface area contributed by atoms with Gasteiger partial charge in [0.1, 0.15) is 0 Å². The van der Waals surface area contributed by atoms with Crippen molar-refractivity contribution in [3.05, 3.63) is 59.2 Å². The summed E-state index contributed by atoms with van der Waals surface area (Å²) in [6.45, 7) is 6.54. The highest BCUT2D eigenvalue weighted by molar-refractivity contribution is 5.96. The number of hydrogen-bond acceptors (Lipinski definition) is 4. The first-order chi connectivity index (χ1) is 13.0. The van der Waals surface area contributed by atoms with Gasteiger partial charge in [0, 0.05) is 31.9 Å². The molecule has 2 aromatic rings. The number of carbonyl (C=O) groups excluding carboxylic acids is 2. The highest BCUT2D eigenvalue weighted by Gasteiger charge is 2.24. The van der Waals surface area contributed by atoms with Gasteiger partial charge in [-0.1, -0.05) is 24.3 Å². The van der Waals surface area contributed by atoms with Crippen molar-refractivity contribution in [1.82, 2.24) is 4.90 Å². The number of piperazine rings is 1. The predicted molar refractivity (Wildman–Crippen MR) is 107 cm³/mol. The van der Waals surface area contributed by atoms with E-state index >= 15 is 0 Å². The number of nitrogens with one attached hydrogen (secondary N) is 1. The number of aryl methyl sites for hydroxylation is 1. The summed E-state index contributed by atoms with van der Waals surface area (Å²) >= 11 is 0. The molecule has 0 atom stereocenters. The first-order valence-electron chi connectivity index (χ1n) is 9.05. The Morgan fingerprint density at radius 1 is 0.963 bits per heavy atom. The summed E-state index contributed by atoms with van der Waals surface area (Å²) in [6.07, 6.45) is 0. The fourth-order valence-electron chi connectivity index (χ4n) is 3.26. The van der Waals surface area contributed by atoms with Crippen LogP contribution in [0.1, 0.15) is 21.5 Å². The van der Waals surface area contributed by atoms with Crippen molar-refractivity contribution in [2.45, 2.75) is 13.8 Å². The molecule has 1 aliphatic rings. The van der Waals surface area contributed by atoms with Crippen LogP contribution in [0.15, 0.2) is 42.5 Å². The quantitative estimate of drug-likeness (QED) is 0.844. The zero-order chi connectivity index (χ0) is 19.4. The summed E-state index contributed by atoms with van der Waals surface area (Å²) in [4.78, 5) is 28.5. The largest absolute Gasteiger partial charge is 0.465 e. The van der Waals surface area contributed by atoms with Gasteiger partial charge in [0.25, 0.3) is 0 Å². The molecule has 6 nitrogen and oxygen atoms in total. The lowest BCUT2D eigenvalue weighted by Gasteiger charge is -2.36. The minimum Gasteiger partial charge on any atom is -0.465 e. The Balaban J connectivity index is 1.65. The minimum absolute atomic E-state index is 0.0930. The topological polar surface area (TPSA) is 61.9 Å². The van der Waals surface area contributed by atoms with E-state index in [0.717, 1.165) is 22.5 Å². The number of ether oxygens (including phenoxy) is 1. The van der Waals surface area contributed by atoms with E-state index in [-0.39, 0.29) is 12.0 Å². The Morgan fingerprint density at radius 3 is 2.37 bits per heavy atom. The van der Waals surface area contributed by atoms with E-state index in [0.29, 0.717) is 31.7 Å². The van der Waals surface area contributed by atoms with Crippen molar-refractivity contribution >= 4 is 23.4 Å². The van der Waals surface area contributed by atoms with E-state index in [1.54, 1.807) is 11.0 Å². The Kier molecular flexibility index (Phi) is 5.64. The summed E-state index contributed by atoms with van der Waals surface area (Å²) in [5, 5.41) is 3.01. The summed E-state index contributed by atoms with van der Waals surface area (Å²) < 4.78 is 4.87. The van der Waals surface area contributed by atoms with Crippen LogP contribution < -0.4 is 10.2 Å². The summed E-state index contributed by atoms with van der Waals surface area (Å²) in [5.41, 5.74) is 4.47. The molecule has 27 heavy (non-hydrogen) atoms. The summed E-state index contributed by atoms with van der Waals surface area (Å²) in [7, 11) is 1.38. The smallest absolute Gasteiger partial charge is 0.339 e. The van der Waals surface area contributed by atoms with Crippen LogP contribution in [0.25, 0.3) is 0 Å². The third kappa shape index (κ3) is 4.05. The number of nitrogens with zero attached hydrogens (tertiary/aromatic N) is 2. The van der Waals surface area contributed by atoms with Gasteiger partial charge in [-0.25, -0.2) is 9.59 Å². The number of benzene rings is 2. The number of hydrogen-bond donors (Lipinski definition) is 1. The highest BCUT2D eigenvalue weighted by Crippen LogP contribution is 2.23. The molecule has 1 heterocycles. The van der Waals surface area contributed by atoms with E-state index in [2.05, 4.69) is 10.2 Å². The molecule has 0 radical (unpaired) electrons. The van der Waals surface area contributed by atoms with Crippen molar-refractivity contribution in [1.29, 1.82) is 0 Å². The lowest BCUT2D eigenvalue weighted by atomic mass is 10.1. The highest BCUT2D eigenvalue weighted by atomic mass is 16.5. The minimum atomic E-state index is -0.347. The number of urea groups is 1. The van der Waals surface area contributed by atoms with Gasteiger partial charge >= 0.3 is 12.0 Å². The van der Waals surface area contributed by atoms with E-state index < -0.39 is 0 Å². The van der Waals surface area contributed by atoms with Crippen LogP contribution in [0.2, 0.25) is 0 Å². The van der Waals surface area contributed by atoms with Crippen molar-refractivity contribution in [2.24, 2.45) is 0 Å². The number of methoxy groups -OCH3 is 1. The molecule has 1 saturated heterocycles. The SMILES string of the molecule is COC(=O)c1ccccc1N1CCN(C(=O)Nc2cccc(C)c2C)CC1. The van der Waals surface area contributed by atoms with Crippen LogP contribution in [-0.2, 0) is 4.74 Å². The van der Waals surface area contributed by atoms with Crippen LogP contribution in [0.3, 0.4) is 0 Å². The van der Waals surface area contributed by atoms with Gasteiger partial charge in [0.15, 0.2) is 0 Å². The van der Waals surface area contributed by atoms with E-state index in [4.69, 9.17) is 4.74 Å². The summed E-state index contributed by atoms with van der Waals surface area (Å²) in [5.74, 6) is -0.347. The fraction of sp³-hybridized carbons (Fsp3) is 0.333. The monoisotopic (exact) mass is 367 g/mol. The molecule has 2 amide bonds. The Bertz CT molecular complexity index is 842. The van der Waals surface area contributed by atoms with Gasteiger partial charge in [0.2, 0.25) is 0 Å². The molecule has 1 N–H and O–H groups in total. The lowest BCUT2D eigenvalue weighted by molar-refractivity contribution is 0.0601. The molecule has 0 unspecified atom stereocenters. The predicted octanol–water partition coefficient (Wildman–Crippen LogP) is 3.44. The summed E-state index contributed by atoms with van der Waals surface area (Å²) in [6, 6.07) is 13.2. The molecule has 0 saturated carbocycles. The number of anilines is 2. The molecule has 6 heteroatoms. The third-order valence-corrected chi connectivity index (χ3v) is 5.06. The number of rotatable bonds is 3. The van der Waals surface area contributed by atoms with Crippen LogP contribution in [0, 0.1) is 13.8 Å². The van der Waals surface area contributed by atoms with E-state index in [9.17, 15) is 9.59 Å². The fourth-order valence-corrected chi connectivity index (χ4v) is 3.26. The number of para-hydroxylation sites is 1.